The van der Waals surface area contributed by atoms with Gasteiger partial charge in [-0.1, -0.05) is 30.3 Å². The molecule has 1 aromatic rings. The molecule has 1 atom stereocenters. The van der Waals surface area contributed by atoms with Crippen LogP contribution in [0, 0.1) is 0 Å². The van der Waals surface area contributed by atoms with Crippen LogP contribution in [0.2, 0.25) is 0 Å². The van der Waals surface area contributed by atoms with E-state index in [-0.39, 0.29) is 6.42 Å². The normalized spacial score (nSPS) is 12.7. The number of carbonyl (C=O) groups is 3. The summed E-state index contributed by atoms with van der Waals surface area (Å²) in [5.41, 5.74) is 0.166. The number of aliphatic carboxylic acids is 1. The minimum atomic E-state index is -1.24. The molecule has 0 aliphatic heterocycles. The van der Waals surface area contributed by atoms with Gasteiger partial charge in [0.25, 0.3) is 0 Å². The average Bonchev–Trinajstić information content (AvgIpc) is 2.43. The first-order chi connectivity index (χ1) is 10.7. The van der Waals surface area contributed by atoms with Crippen molar-refractivity contribution in [2.75, 3.05) is 0 Å². The summed E-state index contributed by atoms with van der Waals surface area (Å²) in [6.45, 7) is 5.20. The fourth-order valence-electron chi connectivity index (χ4n) is 1.78. The number of nitrogens with one attached hydrogen (secondary N) is 1. The van der Waals surface area contributed by atoms with E-state index in [9.17, 15) is 14.4 Å². The van der Waals surface area contributed by atoms with Gasteiger partial charge in [0, 0.05) is 18.6 Å². The first kappa shape index (κ1) is 18.4. The highest BCUT2D eigenvalue weighted by Gasteiger charge is 2.26. The Balaban J connectivity index is 2.85. The van der Waals surface area contributed by atoms with Crippen molar-refractivity contribution in [2.45, 2.75) is 38.8 Å². The molecule has 6 heteroatoms. The Kier molecular flexibility index (Phi) is 6.50. The minimum Gasteiger partial charge on any atom is -0.478 e. The van der Waals surface area contributed by atoms with E-state index in [2.05, 4.69) is 5.32 Å². The van der Waals surface area contributed by atoms with Gasteiger partial charge in [-0.15, -0.1) is 0 Å². The molecule has 0 aromatic heterocycles. The van der Waals surface area contributed by atoms with Crippen LogP contribution in [0.15, 0.2) is 42.5 Å². The van der Waals surface area contributed by atoms with Crippen molar-refractivity contribution in [3.05, 3.63) is 48.0 Å². The average molecular weight is 319 g/mol. The molecule has 1 aromatic carbocycles. The fraction of sp³-hybridized carbons (Fsp3) is 0.353. The van der Waals surface area contributed by atoms with E-state index in [0.717, 1.165) is 11.6 Å². The van der Waals surface area contributed by atoms with Crippen molar-refractivity contribution in [3.63, 3.8) is 0 Å². The van der Waals surface area contributed by atoms with Crippen LogP contribution in [0.5, 0.6) is 0 Å². The molecule has 0 heterocycles. The number of rotatable bonds is 6. The lowest BCUT2D eigenvalue weighted by Gasteiger charge is -2.24. The number of benzene rings is 1. The van der Waals surface area contributed by atoms with Gasteiger partial charge in [-0.3, -0.25) is 4.79 Å². The fourth-order valence-corrected chi connectivity index (χ4v) is 1.78. The summed E-state index contributed by atoms with van der Waals surface area (Å²) in [5.74, 6) is -2.48. The highest BCUT2D eigenvalue weighted by molar-refractivity contribution is 5.96. The molecule has 0 saturated heterocycles. The third kappa shape index (κ3) is 7.80. The van der Waals surface area contributed by atoms with E-state index in [1.165, 1.54) is 0 Å². The summed E-state index contributed by atoms with van der Waals surface area (Å²) in [4.78, 5) is 34.5. The van der Waals surface area contributed by atoms with Crippen molar-refractivity contribution in [1.29, 1.82) is 0 Å². The number of esters is 1. The molecular formula is C17H21NO5. The van der Waals surface area contributed by atoms with Gasteiger partial charge in [0.15, 0.2) is 0 Å². The second-order valence-corrected chi connectivity index (χ2v) is 5.96. The van der Waals surface area contributed by atoms with Gasteiger partial charge >= 0.3 is 11.9 Å². The second-order valence-electron chi connectivity index (χ2n) is 5.96. The molecule has 124 valence electrons. The lowest BCUT2D eigenvalue weighted by atomic mass is 10.1. The number of carboxylic acid groups (broad SMARTS) is 1. The largest absolute Gasteiger partial charge is 0.478 e. The van der Waals surface area contributed by atoms with Gasteiger partial charge in [-0.2, -0.15) is 0 Å². The molecule has 23 heavy (non-hydrogen) atoms. The third-order valence-corrected chi connectivity index (χ3v) is 2.67. The summed E-state index contributed by atoms with van der Waals surface area (Å²) >= 11 is 0. The van der Waals surface area contributed by atoms with Gasteiger partial charge < -0.3 is 15.2 Å². The molecule has 0 spiro atoms. The molecule has 1 unspecified atom stereocenters. The molecule has 1 amide bonds. The van der Waals surface area contributed by atoms with Crippen molar-refractivity contribution < 1.29 is 24.2 Å². The third-order valence-electron chi connectivity index (χ3n) is 2.67. The maximum Gasteiger partial charge on any atom is 0.329 e. The zero-order chi connectivity index (χ0) is 17.5. The number of amides is 1. The van der Waals surface area contributed by atoms with Gasteiger partial charge in [0.1, 0.15) is 11.6 Å². The number of hydrogen-bond acceptors (Lipinski definition) is 4. The Morgan fingerprint density at radius 3 is 2.30 bits per heavy atom. The molecule has 0 aliphatic carbocycles. The first-order valence-corrected chi connectivity index (χ1v) is 7.15. The maximum absolute atomic E-state index is 12.3. The van der Waals surface area contributed by atoms with Gasteiger partial charge in [0.05, 0.1) is 0 Å². The van der Waals surface area contributed by atoms with Crippen LogP contribution in [0.3, 0.4) is 0 Å². The van der Waals surface area contributed by atoms with E-state index >= 15 is 0 Å². The lowest BCUT2D eigenvalue weighted by molar-refractivity contribution is -0.158. The Bertz CT molecular complexity index is 587. The van der Waals surface area contributed by atoms with E-state index in [4.69, 9.17) is 9.84 Å². The topological polar surface area (TPSA) is 92.7 Å². The van der Waals surface area contributed by atoms with E-state index < -0.39 is 29.5 Å². The molecule has 2 N–H and O–H groups in total. The first-order valence-electron chi connectivity index (χ1n) is 7.15. The van der Waals surface area contributed by atoms with Gasteiger partial charge in [-0.05, 0) is 26.3 Å². The highest BCUT2D eigenvalue weighted by Crippen LogP contribution is 2.11. The molecule has 0 bridgehead atoms. The van der Waals surface area contributed by atoms with Crippen LogP contribution in [0.25, 0.3) is 0 Å². The zero-order valence-electron chi connectivity index (χ0n) is 13.4. The minimum absolute atomic E-state index is 0.252. The quantitative estimate of drug-likeness (QED) is 0.615. The highest BCUT2D eigenvalue weighted by atomic mass is 16.6. The molecule has 0 fully saturated rings. The Morgan fingerprint density at radius 2 is 1.78 bits per heavy atom. The number of hydrogen-bond donors (Lipinski definition) is 2. The summed E-state index contributed by atoms with van der Waals surface area (Å²) < 4.78 is 5.30. The van der Waals surface area contributed by atoms with E-state index in [1.807, 2.05) is 30.3 Å². The smallest absolute Gasteiger partial charge is 0.329 e. The molecule has 0 aliphatic rings. The number of ether oxygens (including phenoxy) is 1. The number of carboxylic acids is 1. The van der Waals surface area contributed by atoms with Crippen LogP contribution in [-0.4, -0.2) is 34.6 Å². The molecule has 1 rings (SSSR count). The van der Waals surface area contributed by atoms with Crippen molar-refractivity contribution in [2.24, 2.45) is 0 Å². The van der Waals surface area contributed by atoms with Crippen molar-refractivity contribution in [3.8, 4) is 0 Å². The molecular weight excluding hydrogens is 298 g/mol. The Morgan fingerprint density at radius 1 is 1.17 bits per heavy atom. The van der Waals surface area contributed by atoms with E-state index in [0.29, 0.717) is 6.08 Å². The summed E-state index contributed by atoms with van der Waals surface area (Å²) in [5, 5.41) is 11.0. The van der Waals surface area contributed by atoms with Crippen LogP contribution >= 0.6 is 0 Å². The lowest BCUT2D eigenvalue weighted by Crippen LogP contribution is -2.45. The summed E-state index contributed by atoms with van der Waals surface area (Å²) in [6.07, 6.45) is 1.83. The summed E-state index contributed by atoms with van der Waals surface area (Å²) in [7, 11) is 0. The predicted molar refractivity (Wildman–Crippen MR) is 84.7 cm³/mol. The van der Waals surface area contributed by atoms with Crippen LogP contribution < -0.4 is 5.32 Å². The molecule has 6 nitrogen and oxygen atoms in total. The zero-order valence-corrected chi connectivity index (χ0v) is 13.4. The summed E-state index contributed by atoms with van der Waals surface area (Å²) in [6, 6.07) is 8.26. The maximum atomic E-state index is 12.3. The second kappa shape index (κ2) is 8.12. The van der Waals surface area contributed by atoms with Crippen molar-refractivity contribution >= 4 is 17.8 Å². The van der Waals surface area contributed by atoms with Gasteiger partial charge in [0.2, 0.25) is 5.91 Å². The Labute approximate surface area is 135 Å². The van der Waals surface area contributed by atoms with Crippen LogP contribution in [-0.2, 0) is 25.5 Å². The SMILES string of the molecule is CC(C)(C)OC(=O)C(Cc1ccccc1)NC(=O)/C=C/C(=O)O. The monoisotopic (exact) mass is 319 g/mol. The van der Waals surface area contributed by atoms with Crippen LogP contribution in [0.4, 0.5) is 0 Å². The molecule has 0 saturated carbocycles. The Hall–Kier alpha value is -2.63. The molecule has 0 radical (unpaired) electrons. The predicted octanol–water partition coefficient (Wildman–Crippen LogP) is 1.70. The number of carbonyl (C=O) groups excluding carboxylic acids is 2. The van der Waals surface area contributed by atoms with Crippen molar-refractivity contribution in [1.82, 2.24) is 5.32 Å². The van der Waals surface area contributed by atoms with Crippen LogP contribution in [0.1, 0.15) is 26.3 Å². The van der Waals surface area contributed by atoms with Gasteiger partial charge in [-0.25, -0.2) is 9.59 Å². The van der Waals surface area contributed by atoms with E-state index in [1.54, 1.807) is 20.8 Å². The standard InChI is InChI=1S/C17H21NO5/c1-17(2,3)23-16(22)13(11-12-7-5-4-6-8-12)18-14(19)9-10-15(20)21/h4-10,13H,11H2,1-3H3,(H,18,19)(H,20,21)/b10-9+.